The molecule has 3 rings (SSSR count). The van der Waals surface area contributed by atoms with Crippen LogP contribution in [0.5, 0.6) is 5.75 Å². The van der Waals surface area contributed by atoms with Gasteiger partial charge in [0, 0.05) is 0 Å². The largest absolute Gasteiger partial charge is 0.483 e. The highest BCUT2D eigenvalue weighted by atomic mass is 16.5. The van der Waals surface area contributed by atoms with Gasteiger partial charge >= 0.3 is 0 Å². The molecule has 1 aliphatic rings. The lowest BCUT2D eigenvalue weighted by atomic mass is 9.89. The first kappa shape index (κ1) is 18.0. The SMILES string of the molecule is C[C@H](NC(=O)COc1ccccc1C(N)=O)c1ccc2c(c1)CCCC2. The number of ether oxygens (including phenoxy) is 1. The Labute approximate surface area is 153 Å². The molecule has 0 bridgehead atoms. The van der Waals surface area contributed by atoms with Crippen LogP contribution >= 0.6 is 0 Å². The molecule has 0 aliphatic heterocycles. The van der Waals surface area contributed by atoms with Crippen LogP contribution in [0.3, 0.4) is 0 Å². The van der Waals surface area contributed by atoms with Crippen molar-refractivity contribution in [2.45, 2.75) is 38.6 Å². The molecule has 0 unspecified atom stereocenters. The molecular formula is C21H24N2O3. The van der Waals surface area contributed by atoms with Crippen molar-refractivity contribution in [2.24, 2.45) is 5.73 Å². The van der Waals surface area contributed by atoms with Crippen LogP contribution in [0, 0.1) is 0 Å². The maximum absolute atomic E-state index is 12.2. The number of carbonyl (C=O) groups excluding carboxylic acids is 2. The van der Waals surface area contributed by atoms with Crippen LogP contribution in [-0.2, 0) is 17.6 Å². The summed E-state index contributed by atoms with van der Waals surface area (Å²) in [6.45, 7) is 1.79. The van der Waals surface area contributed by atoms with Crippen molar-refractivity contribution < 1.29 is 14.3 Å². The third kappa shape index (κ3) is 4.23. The topological polar surface area (TPSA) is 81.4 Å². The molecule has 5 nitrogen and oxygen atoms in total. The first-order chi connectivity index (χ1) is 12.5. The zero-order valence-corrected chi connectivity index (χ0v) is 15.0. The third-order valence-corrected chi connectivity index (χ3v) is 4.76. The minimum Gasteiger partial charge on any atom is -0.483 e. The quantitative estimate of drug-likeness (QED) is 0.839. The molecule has 0 aromatic heterocycles. The van der Waals surface area contributed by atoms with Gasteiger partial charge in [-0.3, -0.25) is 9.59 Å². The molecule has 5 heteroatoms. The number of fused-ring (bicyclic) bond motifs is 1. The third-order valence-electron chi connectivity index (χ3n) is 4.76. The highest BCUT2D eigenvalue weighted by molar-refractivity contribution is 5.95. The van der Waals surface area contributed by atoms with Gasteiger partial charge in [0.15, 0.2) is 6.61 Å². The van der Waals surface area contributed by atoms with Gasteiger partial charge in [0.25, 0.3) is 11.8 Å². The van der Waals surface area contributed by atoms with E-state index in [0.29, 0.717) is 5.75 Å². The van der Waals surface area contributed by atoms with Crippen LogP contribution in [0.25, 0.3) is 0 Å². The molecule has 136 valence electrons. The lowest BCUT2D eigenvalue weighted by molar-refractivity contribution is -0.123. The fourth-order valence-corrected chi connectivity index (χ4v) is 3.33. The van der Waals surface area contributed by atoms with E-state index in [0.717, 1.165) is 18.4 Å². The summed E-state index contributed by atoms with van der Waals surface area (Å²) in [4.78, 5) is 23.6. The molecule has 3 N–H and O–H groups in total. The lowest BCUT2D eigenvalue weighted by Gasteiger charge is -2.20. The van der Waals surface area contributed by atoms with E-state index >= 15 is 0 Å². The number of amides is 2. The Morgan fingerprint density at radius 2 is 1.85 bits per heavy atom. The fraction of sp³-hybridized carbons (Fsp3) is 0.333. The molecule has 2 amide bonds. The van der Waals surface area contributed by atoms with E-state index in [1.54, 1.807) is 24.3 Å². The number of para-hydroxylation sites is 1. The summed E-state index contributed by atoms with van der Waals surface area (Å²) in [5.41, 5.74) is 9.49. The number of hydrogen-bond acceptors (Lipinski definition) is 3. The van der Waals surface area contributed by atoms with Crippen LogP contribution in [0.2, 0.25) is 0 Å². The molecule has 0 heterocycles. The van der Waals surface area contributed by atoms with Crippen LogP contribution in [0.4, 0.5) is 0 Å². The highest BCUT2D eigenvalue weighted by Crippen LogP contribution is 2.24. The number of carbonyl (C=O) groups is 2. The standard InChI is InChI=1S/C21H24N2O3/c1-14(16-11-10-15-6-2-3-7-17(15)12-16)23-20(24)13-26-19-9-5-4-8-18(19)21(22)25/h4-5,8-12,14H,2-3,6-7,13H2,1H3,(H2,22,25)(H,23,24)/t14-/m0/s1. The van der Waals surface area contributed by atoms with Crippen molar-refractivity contribution in [1.29, 1.82) is 0 Å². The van der Waals surface area contributed by atoms with Gasteiger partial charge in [0.1, 0.15) is 5.75 Å². The van der Waals surface area contributed by atoms with Crippen molar-refractivity contribution in [3.05, 3.63) is 64.7 Å². The Kier molecular flexibility index (Phi) is 5.56. The van der Waals surface area contributed by atoms with Gasteiger partial charge in [-0.1, -0.05) is 30.3 Å². The predicted molar refractivity (Wildman–Crippen MR) is 100 cm³/mol. The second kappa shape index (κ2) is 8.04. The van der Waals surface area contributed by atoms with Gasteiger partial charge in [0.05, 0.1) is 11.6 Å². The van der Waals surface area contributed by atoms with Gasteiger partial charge in [-0.05, 0) is 61.4 Å². The second-order valence-corrected chi connectivity index (χ2v) is 6.67. The van der Waals surface area contributed by atoms with Gasteiger partial charge in [-0.2, -0.15) is 0 Å². The summed E-state index contributed by atoms with van der Waals surface area (Å²) in [7, 11) is 0. The average molecular weight is 352 g/mol. The maximum Gasteiger partial charge on any atom is 0.258 e. The number of hydrogen-bond donors (Lipinski definition) is 2. The Hall–Kier alpha value is -2.82. The first-order valence-corrected chi connectivity index (χ1v) is 8.97. The Morgan fingerprint density at radius 1 is 1.12 bits per heavy atom. The molecule has 0 saturated carbocycles. The van der Waals surface area contributed by atoms with Gasteiger partial charge in [0.2, 0.25) is 0 Å². The zero-order valence-electron chi connectivity index (χ0n) is 15.0. The fourth-order valence-electron chi connectivity index (χ4n) is 3.33. The van der Waals surface area contributed by atoms with E-state index in [-0.39, 0.29) is 24.1 Å². The van der Waals surface area contributed by atoms with Crippen molar-refractivity contribution in [1.82, 2.24) is 5.32 Å². The zero-order chi connectivity index (χ0) is 18.5. The van der Waals surface area contributed by atoms with Crippen molar-refractivity contribution in [3.63, 3.8) is 0 Å². The molecule has 2 aromatic rings. The predicted octanol–water partition coefficient (Wildman–Crippen LogP) is 2.92. The lowest BCUT2D eigenvalue weighted by Crippen LogP contribution is -2.31. The number of primary amides is 1. The Bertz CT molecular complexity index is 817. The summed E-state index contributed by atoms with van der Waals surface area (Å²) < 4.78 is 5.47. The van der Waals surface area contributed by atoms with E-state index in [1.165, 1.54) is 24.0 Å². The Balaban J connectivity index is 1.59. The van der Waals surface area contributed by atoms with Crippen LogP contribution < -0.4 is 15.8 Å². The Morgan fingerprint density at radius 3 is 2.62 bits per heavy atom. The summed E-state index contributed by atoms with van der Waals surface area (Å²) in [6.07, 6.45) is 4.73. The van der Waals surface area contributed by atoms with Crippen molar-refractivity contribution in [2.75, 3.05) is 6.61 Å². The van der Waals surface area contributed by atoms with E-state index in [9.17, 15) is 9.59 Å². The van der Waals surface area contributed by atoms with E-state index in [2.05, 4.69) is 23.5 Å². The average Bonchev–Trinajstić information content (AvgIpc) is 2.66. The highest BCUT2D eigenvalue weighted by Gasteiger charge is 2.15. The van der Waals surface area contributed by atoms with Crippen LogP contribution in [0.15, 0.2) is 42.5 Å². The maximum atomic E-state index is 12.2. The summed E-state index contributed by atoms with van der Waals surface area (Å²) in [6, 6.07) is 13.0. The smallest absolute Gasteiger partial charge is 0.258 e. The molecule has 1 atom stereocenters. The van der Waals surface area contributed by atoms with E-state index < -0.39 is 5.91 Å². The minimum atomic E-state index is -0.580. The molecule has 1 aliphatic carbocycles. The van der Waals surface area contributed by atoms with Gasteiger partial charge in [-0.15, -0.1) is 0 Å². The van der Waals surface area contributed by atoms with Crippen LogP contribution in [-0.4, -0.2) is 18.4 Å². The molecule has 0 fully saturated rings. The van der Waals surface area contributed by atoms with E-state index in [4.69, 9.17) is 10.5 Å². The van der Waals surface area contributed by atoms with Crippen molar-refractivity contribution >= 4 is 11.8 Å². The molecular weight excluding hydrogens is 328 g/mol. The molecule has 0 saturated heterocycles. The summed E-state index contributed by atoms with van der Waals surface area (Å²) in [5.74, 6) is -0.505. The van der Waals surface area contributed by atoms with Crippen molar-refractivity contribution in [3.8, 4) is 5.75 Å². The second-order valence-electron chi connectivity index (χ2n) is 6.67. The normalized spacial score (nSPS) is 14.2. The van der Waals surface area contributed by atoms with Crippen LogP contribution in [0.1, 0.15) is 52.9 Å². The molecule has 26 heavy (non-hydrogen) atoms. The number of nitrogens with one attached hydrogen (secondary N) is 1. The summed E-state index contributed by atoms with van der Waals surface area (Å²) >= 11 is 0. The number of aryl methyl sites for hydroxylation is 2. The van der Waals surface area contributed by atoms with Gasteiger partial charge in [-0.25, -0.2) is 0 Å². The number of nitrogens with two attached hydrogens (primary N) is 1. The summed E-state index contributed by atoms with van der Waals surface area (Å²) in [5, 5.41) is 2.94. The van der Waals surface area contributed by atoms with E-state index in [1.807, 2.05) is 6.92 Å². The monoisotopic (exact) mass is 352 g/mol. The van der Waals surface area contributed by atoms with Gasteiger partial charge < -0.3 is 15.8 Å². The number of rotatable bonds is 6. The minimum absolute atomic E-state index is 0.107. The molecule has 2 aromatic carbocycles. The molecule has 0 radical (unpaired) electrons. The first-order valence-electron chi connectivity index (χ1n) is 8.97. The molecule has 0 spiro atoms. The number of benzene rings is 2.